The summed E-state index contributed by atoms with van der Waals surface area (Å²) in [5, 5.41) is 5.55. The molecular formula is C16H24ClN3O3. The molecule has 1 fully saturated rings. The fraction of sp³-hybridized carbons (Fsp3) is 0.500. The van der Waals surface area contributed by atoms with Crippen LogP contribution in [0, 0.1) is 5.92 Å². The van der Waals surface area contributed by atoms with E-state index >= 15 is 0 Å². The SMILES string of the molecule is COc1ccc(NC(C)=O)c(NC(=O)C[C@@H]2CCC[C@H]2N)c1.Cl. The van der Waals surface area contributed by atoms with Crippen molar-refractivity contribution in [2.45, 2.75) is 38.6 Å². The molecule has 4 N–H and O–H groups in total. The van der Waals surface area contributed by atoms with Crippen molar-refractivity contribution < 1.29 is 14.3 Å². The number of carbonyl (C=O) groups excluding carboxylic acids is 2. The number of hydrogen-bond acceptors (Lipinski definition) is 4. The van der Waals surface area contributed by atoms with E-state index in [4.69, 9.17) is 10.5 Å². The standard InChI is InChI=1S/C16H23N3O3.ClH/c1-10(20)18-14-7-6-12(22-2)9-15(14)19-16(21)8-11-4-3-5-13(11)17;/h6-7,9,11,13H,3-5,8,17H2,1-2H3,(H,18,20)(H,19,21);1H/t11-,13+;/m0./s1. The molecule has 1 aromatic carbocycles. The van der Waals surface area contributed by atoms with Crippen LogP contribution in [0.5, 0.6) is 5.75 Å². The van der Waals surface area contributed by atoms with Crippen molar-refractivity contribution >= 4 is 35.6 Å². The van der Waals surface area contributed by atoms with Crippen molar-refractivity contribution in [1.82, 2.24) is 0 Å². The average Bonchev–Trinajstić information content (AvgIpc) is 2.85. The molecule has 2 atom stereocenters. The van der Waals surface area contributed by atoms with Crippen LogP contribution in [0.25, 0.3) is 0 Å². The lowest BCUT2D eigenvalue weighted by atomic mass is 10.00. The second kappa shape index (κ2) is 8.74. The third-order valence-electron chi connectivity index (χ3n) is 3.98. The second-order valence-corrected chi connectivity index (χ2v) is 5.70. The van der Waals surface area contributed by atoms with Gasteiger partial charge in [-0.1, -0.05) is 6.42 Å². The molecule has 1 aliphatic carbocycles. The summed E-state index contributed by atoms with van der Waals surface area (Å²) in [5.74, 6) is 0.553. The van der Waals surface area contributed by atoms with E-state index in [9.17, 15) is 9.59 Å². The van der Waals surface area contributed by atoms with Crippen LogP contribution >= 0.6 is 12.4 Å². The smallest absolute Gasteiger partial charge is 0.224 e. The number of rotatable bonds is 5. The maximum absolute atomic E-state index is 12.2. The number of halogens is 1. The lowest BCUT2D eigenvalue weighted by molar-refractivity contribution is -0.117. The molecule has 0 radical (unpaired) electrons. The van der Waals surface area contributed by atoms with Crippen LogP contribution in [0.3, 0.4) is 0 Å². The van der Waals surface area contributed by atoms with E-state index in [1.54, 1.807) is 25.3 Å². The molecule has 0 aliphatic heterocycles. The van der Waals surface area contributed by atoms with Crippen LogP contribution in [0.15, 0.2) is 18.2 Å². The molecule has 0 aromatic heterocycles. The number of benzene rings is 1. The van der Waals surface area contributed by atoms with Gasteiger partial charge in [-0.15, -0.1) is 12.4 Å². The Labute approximate surface area is 142 Å². The lowest BCUT2D eigenvalue weighted by Gasteiger charge is -2.17. The molecule has 7 heteroatoms. The fourth-order valence-electron chi connectivity index (χ4n) is 2.81. The first-order valence-corrected chi connectivity index (χ1v) is 7.50. The summed E-state index contributed by atoms with van der Waals surface area (Å²) in [4.78, 5) is 23.5. The quantitative estimate of drug-likeness (QED) is 0.767. The fourth-order valence-corrected chi connectivity index (χ4v) is 2.81. The highest BCUT2D eigenvalue weighted by Gasteiger charge is 2.26. The molecule has 0 bridgehead atoms. The van der Waals surface area contributed by atoms with Gasteiger partial charge in [0.25, 0.3) is 0 Å². The van der Waals surface area contributed by atoms with Gasteiger partial charge in [0.05, 0.1) is 18.5 Å². The largest absolute Gasteiger partial charge is 0.497 e. The Morgan fingerprint density at radius 2 is 2.00 bits per heavy atom. The normalized spacial score (nSPS) is 19.6. The van der Waals surface area contributed by atoms with E-state index in [1.807, 2.05) is 0 Å². The summed E-state index contributed by atoms with van der Waals surface area (Å²) >= 11 is 0. The first kappa shape index (κ1) is 19.3. The molecule has 0 heterocycles. The van der Waals surface area contributed by atoms with E-state index in [2.05, 4.69) is 10.6 Å². The van der Waals surface area contributed by atoms with Gasteiger partial charge in [-0.3, -0.25) is 9.59 Å². The molecule has 1 aromatic rings. The maximum atomic E-state index is 12.2. The van der Waals surface area contributed by atoms with Gasteiger partial charge in [-0.05, 0) is 30.9 Å². The van der Waals surface area contributed by atoms with E-state index in [0.717, 1.165) is 19.3 Å². The van der Waals surface area contributed by atoms with Gasteiger partial charge < -0.3 is 21.1 Å². The van der Waals surface area contributed by atoms with Gasteiger partial charge in [0.15, 0.2) is 0 Å². The van der Waals surface area contributed by atoms with Gasteiger partial charge in [-0.25, -0.2) is 0 Å². The predicted molar refractivity (Wildman–Crippen MR) is 93.1 cm³/mol. The summed E-state index contributed by atoms with van der Waals surface area (Å²) in [7, 11) is 1.55. The van der Waals surface area contributed by atoms with E-state index in [0.29, 0.717) is 23.5 Å². The summed E-state index contributed by atoms with van der Waals surface area (Å²) in [6, 6.07) is 5.23. The lowest BCUT2D eigenvalue weighted by Crippen LogP contribution is -2.28. The van der Waals surface area contributed by atoms with Crippen LogP contribution in [0.1, 0.15) is 32.6 Å². The summed E-state index contributed by atoms with van der Waals surface area (Å²) < 4.78 is 5.16. The molecule has 1 aliphatic rings. The topological polar surface area (TPSA) is 93.5 Å². The molecule has 0 spiro atoms. The number of ether oxygens (including phenoxy) is 1. The molecule has 0 unspecified atom stereocenters. The highest BCUT2D eigenvalue weighted by atomic mass is 35.5. The first-order valence-electron chi connectivity index (χ1n) is 7.50. The minimum atomic E-state index is -0.196. The van der Waals surface area contributed by atoms with E-state index in [1.165, 1.54) is 6.92 Å². The Kier molecular flexibility index (Phi) is 7.32. The van der Waals surface area contributed by atoms with Crippen LogP contribution in [0.4, 0.5) is 11.4 Å². The van der Waals surface area contributed by atoms with Crippen molar-refractivity contribution in [2.24, 2.45) is 11.7 Å². The summed E-state index contributed by atoms with van der Waals surface area (Å²) in [6.07, 6.45) is 3.45. The highest BCUT2D eigenvalue weighted by Crippen LogP contribution is 2.30. The minimum absolute atomic E-state index is 0. The molecule has 128 valence electrons. The number of amides is 2. The molecule has 23 heavy (non-hydrogen) atoms. The number of nitrogens with one attached hydrogen (secondary N) is 2. The van der Waals surface area contributed by atoms with Gasteiger partial charge >= 0.3 is 0 Å². The predicted octanol–water partition coefficient (Wildman–Crippen LogP) is 2.53. The number of hydrogen-bond donors (Lipinski definition) is 3. The molecule has 6 nitrogen and oxygen atoms in total. The van der Waals surface area contributed by atoms with Gasteiger partial charge in [0.1, 0.15) is 5.75 Å². The third kappa shape index (κ3) is 5.41. The molecule has 1 saturated carbocycles. The van der Waals surface area contributed by atoms with Crippen molar-refractivity contribution in [3.05, 3.63) is 18.2 Å². The Bertz CT molecular complexity index is 566. The van der Waals surface area contributed by atoms with Gasteiger partial charge in [0.2, 0.25) is 11.8 Å². The minimum Gasteiger partial charge on any atom is -0.497 e. The van der Waals surface area contributed by atoms with Crippen molar-refractivity contribution in [3.63, 3.8) is 0 Å². The van der Waals surface area contributed by atoms with Gasteiger partial charge in [-0.2, -0.15) is 0 Å². The number of carbonyl (C=O) groups is 2. The zero-order valence-corrected chi connectivity index (χ0v) is 14.2. The number of methoxy groups -OCH3 is 1. The van der Waals surface area contributed by atoms with Crippen molar-refractivity contribution in [1.29, 1.82) is 0 Å². The third-order valence-corrected chi connectivity index (χ3v) is 3.98. The molecular weight excluding hydrogens is 318 g/mol. The van der Waals surface area contributed by atoms with Crippen molar-refractivity contribution in [3.8, 4) is 5.75 Å². The summed E-state index contributed by atoms with van der Waals surface area (Å²) in [6.45, 7) is 1.42. The van der Waals surface area contributed by atoms with Crippen LogP contribution in [0.2, 0.25) is 0 Å². The summed E-state index contributed by atoms with van der Waals surface area (Å²) in [5.41, 5.74) is 7.09. The molecule has 2 rings (SSSR count). The molecule has 2 amide bonds. The van der Waals surface area contributed by atoms with E-state index in [-0.39, 0.29) is 36.2 Å². The van der Waals surface area contributed by atoms with Gasteiger partial charge in [0, 0.05) is 25.5 Å². The van der Waals surface area contributed by atoms with Crippen molar-refractivity contribution in [2.75, 3.05) is 17.7 Å². The monoisotopic (exact) mass is 341 g/mol. The Balaban J connectivity index is 0.00000264. The maximum Gasteiger partial charge on any atom is 0.224 e. The Morgan fingerprint density at radius 1 is 1.26 bits per heavy atom. The van der Waals surface area contributed by atoms with Crippen LogP contribution in [-0.4, -0.2) is 25.0 Å². The van der Waals surface area contributed by atoms with Crippen LogP contribution < -0.4 is 21.1 Å². The Hall–Kier alpha value is -1.79. The number of nitrogens with two attached hydrogens (primary N) is 1. The Morgan fingerprint density at radius 3 is 2.57 bits per heavy atom. The number of anilines is 2. The highest BCUT2D eigenvalue weighted by molar-refractivity contribution is 5.99. The van der Waals surface area contributed by atoms with Crippen LogP contribution in [-0.2, 0) is 9.59 Å². The average molecular weight is 342 g/mol. The zero-order valence-electron chi connectivity index (χ0n) is 13.4. The zero-order chi connectivity index (χ0) is 16.1. The second-order valence-electron chi connectivity index (χ2n) is 5.70. The molecule has 0 saturated heterocycles. The van der Waals surface area contributed by atoms with E-state index < -0.39 is 0 Å². The first-order chi connectivity index (χ1) is 10.5.